The predicted octanol–water partition coefficient (Wildman–Crippen LogP) is 3.42. The summed E-state index contributed by atoms with van der Waals surface area (Å²) in [7, 11) is -4.08. The van der Waals surface area contributed by atoms with Gasteiger partial charge in [0.25, 0.3) is 10.0 Å². The minimum absolute atomic E-state index is 0.171. The average Bonchev–Trinajstić information content (AvgIpc) is 2.37. The van der Waals surface area contributed by atoms with Crippen LogP contribution in [-0.2, 0) is 10.0 Å². The second kappa shape index (κ2) is 5.61. The first-order valence-electron chi connectivity index (χ1n) is 5.74. The van der Waals surface area contributed by atoms with Crippen molar-refractivity contribution in [3.8, 4) is 0 Å². The lowest BCUT2D eigenvalue weighted by atomic mass is 10.2. The van der Waals surface area contributed by atoms with Crippen LogP contribution in [0.25, 0.3) is 0 Å². The molecule has 0 amide bonds. The smallest absolute Gasteiger partial charge is 0.262 e. The lowest BCUT2D eigenvalue weighted by Gasteiger charge is -2.12. The van der Waals surface area contributed by atoms with E-state index in [0.29, 0.717) is 4.47 Å². The molecular formula is C13H11BrF2N2O2S. The molecule has 21 heavy (non-hydrogen) atoms. The predicted molar refractivity (Wildman–Crippen MR) is 80.5 cm³/mol. The molecule has 0 saturated heterocycles. The Balaban J connectivity index is 2.48. The number of nitrogens with one attached hydrogen (secondary N) is 1. The highest BCUT2D eigenvalue weighted by Crippen LogP contribution is 2.26. The van der Waals surface area contributed by atoms with Gasteiger partial charge >= 0.3 is 0 Å². The van der Waals surface area contributed by atoms with Gasteiger partial charge in [-0.05, 0) is 42.8 Å². The molecule has 4 nitrogen and oxygen atoms in total. The molecule has 2 aromatic carbocycles. The summed E-state index contributed by atoms with van der Waals surface area (Å²) in [6, 6.07) is 5.86. The number of sulfonamides is 1. The Morgan fingerprint density at radius 1 is 1.14 bits per heavy atom. The van der Waals surface area contributed by atoms with E-state index >= 15 is 0 Å². The molecule has 0 aliphatic heterocycles. The second-order valence-corrected chi connectivity index (χ2v) is 6.94. The summed E-state index contributed by atoms with van der Waals surface area (Å²) in [5.74, 6) is -1.44. The van der Waals surface area contributed by atoms with Gasteiger partial charge in [-0.25, -0.2) is 17.2 Å². The van der Waals surface area contributed by atoms with Crippen LogP contribution in [0.4, 0.5) is 20.2 Å². The van der Waals surface area contributed by atoms with E-state index in [0.717, 1.165) is 18.2 Å². The largest absolute Gasteiger partial charge is 0.396 e. The van der Waals surface area contributed by atoms with E-state index in [2.05, 4.69) is 20.7 Å². The Morgan fingerprint density at radius 2 is 1.81 bits per heavy atom. The zero-order valence-electron chi connectivity index (χ0n) is 10.8. The molecule has 0 spiro atoms. The fourth-order valence-corrected chi connectivity index (χ4v) is 3.42. The minimum atomic E-state index is -4.08. The molecule has 0 radical (unpaired) electrons. The number of rotatable bonds is 3. The van der Waals surface area contributed by atoms with Crippen molar-refractivity contribution in [2.45, 2.75) is 11.8 Å². The second-order valence-electron chi connectivity index (χ2n) is 4.37. The molecule has 0 fully saturated rings. The summed E-state index contributed by atoms with van der Waals surface area (Å²) in [6.45, 7) is 1.42. The lowest BCUT2D eigenvalue weighted by molar-refractivity contribution is 0.596. The van der Waals surface area contributed by atoms with Crippen LogP contribution in [0.1, 0.15) is 5.56 Å². The van der Waals surface area contributed by atoms with Gasteiger partial charge in [-0.1, -0.05) is 15.9 Å². The molecule has 0 aromatic heterocycles. The molecule has 3 N–H and O–H groups in total. The summed E-state index contributed by atoms with van der Waals surface area (Å²) in [5.41, 5.74) is 5.04. The van der Waals surface area contributed by atoms with E-state index in [9.17, 15) is 17.2 Å². The van der Waals surface area contributed by atoms with Gasteiger partial charge in [0.2, 0.25) is 0 Å². The Bertz CT molecular complexity index is 810. The van der Waals surface area contributed by atoms with Crippen LogP contribution in [0.15, 0.2) is 39.7 Å². The van der Waals surface area contributed by atoms with Crippen LogP contribution in [0.5, 0.6) is 0 Å². The summed E-state index contributed by atoms with van der Waals surface area (Å²) in [5, 5.41) is 0. The number of nitrogens with two attached hydrogens (primary N) is 1. The summed E-state index contributed by atoms with van der Waals surface area (Å²) in [4.78, 5) is -0.208. The Hall–Kier alpha value is -1.67. The highest BCUT2D eigenvalue weighted by atomic mass is 79.9. The first kappa shape index (κ1) is 15.7. The average molecular weight is 377 g/mol. The molecular weight excluding hydrogens is 366 g/mol. The van der Waals surface area contributed by atoms with Gasteiger partial charge in [0.15, 0.2) is 0 Å². The van der Waals surface area contributed by atoms with Crippen LogP contribution >= 0.6 is 15.9 Å². The molecule has 2 rings (SSSR count). The fraction of sp³-hybridized carbons (Fsp3) is 0.0769. The van der Waals surface area contributed by atoms with Gasteiger partial charge in [0, 0.05) is 4.47 Å². The maximum atomic E-state index is 13.6. The lowest BCUT2D eigenvalue weighted by Crippen LogP contribution is -2.16. The number of nitrogen functional groups attached to an aromatic ring is 1. The minimum Gasteiger partial charge on any atom is -0.396 e. The molecule has 112 valence electrons. The maximum Gasteiger partial charge on any atom is 0.262 e. The van der Waals surface area contributed by atoms with Gasteiger partial charge in [-0.15, -0.1) is 0 Å². The number of benzene rings is 2. The zero-order valence-corrected chi connectivity index (χ0v) is 13.2. The van der Waals surface area contributed by atoms with Crippen LogP contribution in [-0.4, -0.2) is 8.42 Å². The van der Waals surface area contributed by atoms with Crippen LogP contribution in [0, 0.1) is 18.6 Å². The third-order valence-electron chi connectivity index (χ3n) is 2.76. The number of hydrogen-bond acceptors (Lipinski definition) is 3. The number of aryl methyl sites for hydroxylation is 1. The monoisotopic (exact) mass is 376 g/mol. The molecule has 0 heterocycles. The standard InChI is InChI=1S/C13H11BrF2N2O2S/c1-7-4-10(16)11(17)6-13(7)21(19,20)18-12-5-8(14)2-3-9(12)15/h2-6,18H,17H2,1H3. The molecule has 0 unspecified atom stereocenters. The first-order valence-corrected chi connectivity index (χ1v) is 8.02. The molecule has 0 atom stereocenters. The quantitative estimate of drug-likeness (QED) is 0.806. The van der Waals surface area contributed by atoms with Crippen LogP contribution < -0.4 is 10.5 Å². The van der Waals surface area contributed by atoms with Crippen molar-refractivity contribution in [2.24, 2.45) is 0 Å². The van der Waals surface area contributed by atoms with Crippen LogP contribution in [0.2, 0.25) is 0 Å². The number of hydrogen-bond donors (Lipinski definition) is 2. The maximum absolute atomic E-state index is 13.6. The van der Waals surface area contributed by atoms with Crippen molar-refractivity contribution >= 4 is 37.3 Å². The summed E-state index contributed by atoms with van der Waals surface area (Å²) < 4.78 is 54.1. The van der Waals surface area contributed by atoms with E-state index in [1.165, 1.54) is 19.1 Å². The number of halogens is 3. The molecule has 8 heteroatoms. The topological polar surface area (TPSA) is 72.2 Å². The fourth-order valence-electron chi connectivity index (χ4n) is 1.73. The van der Waals surface area contributed by atoms with Crippen molar-refractivity contribution < 1.29 is 17.2 Å². The third-order valence-corrected chi connectivity index (χ3v) is 4.76. The van der Waals surface area contributed by atoms with Crippen molar-refractivity contribution in [1.82, 2.24) is 0 Å². The zero-order chi connectivity index (χ0) is 15.8. The van der Waals surface area contributed by atoms with E-state index in [4.69, 9.17) is 5.73 Å². The van der Waals surface area contributed by atoms with E-state index in [-0.39, 0.29) is 21.8 Å². The molecule has 0 saturated carbocycles. The molecule has 2 aromatic rings. The van der Waals surface area contributed by atoms with Gasteiger partial charge in [-0.2, -0.15) is 0 Å². The Morgan fingerprint density at radius 3 is 2.48 bits per heavy atom. The summed E-state index contributed by atoms with van der Waals surface area (Å²) >= 11 is 3.12. The van der Waals surface area contributed by atoms with Gasteiger partial charge < -0.3 is 5.73 Å². The highest BCUT2D eigenvalue weighted by Gasteiger charge is 2.20. The molecule has 0 aliphatic rings. The van der Waals surface area contributed by atoms with Gasteiger partial charge in [0.1, 0.15) is 11.6 Å². The summed E-state index contributed by atoms with van der Waals surface area (Å²) in [6.07, 6.45) is 0. The van der Waals surface area contributed by atoms with Crippen molar-refractivity contribution in [2.75, 3.05) is 10.5 Å². The van der Waals surface area contributed by atoms with Crippen molar-refractivity contribution in [3.05, 3.63) is 52.0 Å². The highest BCUT2D eigenvalue weighted by molar-refractivity contribution is 9.10. The van der Waals surface area contributed by atoms with Gasteiger partial charge in [0.05, 0.1) is 16.3 Å². The van der Waals surface area contributed by atoms with Crippen molar-refractivity contribution in [3.63, 3.8) is 0 Å². The van der Waals surface area contributed by atoms with E-state index in [1.54, 1.807) is 0 Å². The molecule has 0 bridgehead atoms. The van der Waals surface area contributed by atoms with Crippen molar-refractivity contribution in [1.29, 1.82) is 0 Å². The van der Waals surface area contributed by atoms with E-state index in [1.807, 2.05) is 0 Å². The Labute approximate surface area is 129 Å². The number of anilines is 2. The SMILES string of the molecule is Cc1cc(F)c(N)cc1S(=O)(=O)Nc1cc(Br)ccc1F. The van der Waals surface area contributed by atoms with Gasteiger partial charge in [-0.3, -0.25) is 4.72 Å². The normalized spacial score (nSPS) is 11.4. The van der Waals surface area contributed by atoms with Crippen LogP contribution in [0.3, 0.4) is 0 Å². The third kappa shape index (κ3) is 3.33. The Kier molecular flexibility index (Phi) is 4.20. The molecule has 0 aliphatic carbocycles. The van der Waals surface area contributed by atoms with E-state index < -0.39 is 21.7 Å². The first-order chi connectivity index (χ1) is 9.70.